The lowest BCUT2D eigenvalue weighted by Gasteiger charge is -2.15. The van der Waals surface area contributed by atoms with Crippen molar-refractivity contribution in [3.05, 3.63) is 17.7 Å². The van der Waals surface area contributed by atoms with E-state index in [1.807, 2.05) is 4.68 Å². The van der Waals surface area contributed by atoms with E-state index in [1.165, 1.54) is 5.57 Å². The molecule has 0 spiro atoms. The molecule has 16 heavy (non-hydrogen) atoms. The number of hydrogen-bond acceptors (Lipinski definition) is 3. The quantitative estimate of drug-likeness (QED) is 0.843. The zero-order chi connectivity index (χ0) is 11.4. The van der Waals surface area contributed by atoms with E-state index in [0.717, 1.165) is 38.3 Å². The minimum Gasteiger partial charge on any atom is -0.316 e. The Balaban J connectivity index is 2.10. The van der Waals surface area contributed by atoms with Gasteiger partial charge in [-0.3, -0.25) is 0 Å². The number of nitrogens with zero attached hydrogens (tertiary/aromatic N) is 3. The molecule has 1 N–H and O–H groups in total. The van der Waals surface area contributed by atoms with Crippen LogP contribution in [0.1, 0.15) is 32.5 Å². The molecule has 1 fully saturated rings. The van der Waals surface area contributed by atoms with Gasteiger partial charge in [0.25, 0.3) is 0 Å². The molecule has 2 heterocycles. The Kier molecular flexibility index (Phi) is 3.72. The van der Waals surface area contributed by atoms with E-state index in [-0.39, 0.29) is 0 Å². The molecule has 1 aliphatic rings. The molecule has 0 aromatic carbocycles. The van der Waals surface area contributed by atoms with Crippen LogP contribution in [0, 0.1) is 5.92 Å². The second kappa shape index (κ2) is 5.25. The fraction of sp³-hybridized carbons (Fsp3) is 0.667. The normalized spacial score (nSPS) is 16.8. The van der Waals surface area contributed by atoms with Gasteiger partial charge in [-0.25, -0.2) is 9.67 Å². The van der Waals surface area contributed by atoms with Gasteiger partial charge in [0, 0.05) is 6.54 Å². The molecule has 1 aliphatic heterocycles. The molecule has 0 radical (unpaired) electrons. The van der Waals surface area contributed by atoms with Gasteiger partial charge in [0.15, 0.2) is 5.82 Å². The summed E-state index contributed by atoms with van der Waals surface area (Å²) in [6.45, 7) is 7.51. The Bertz CT molecular complexity index is 357. The molecule has 0 amide bonds. The molecule has 0 saturated carbocycles. The van der Waals surface area contributed by atoms with Crippen molar-refractivity contribution in [3.8, 4) is 0 Å². The van der Waals surface area contributed by atoms with Crippen molar-refractivity contribution in [1.29, 1.82) is 0 Å². The van der Waals surface area contributed by atoms with Crippen molar-refractivity contribution in [2.45, 2.75) is 33.2 Å². The highest BCUT2D eigenvalue weighted by atomic mass is 15.3. The van der Waals surface area contributed by atoms with Gasteiger partial charge in [0.1, 0.15) is 6.33 Å². The van der Waals surface area contributed by atoms with E-state index >= 15 is 0 Å². The van der Waals surface area contributed by atoms with Crippen molar-refractivity contribution < 1.29 is 0 Å². The highest BCUT2D eigenvalue weighted by molar-refractivity contribution is 5.45. The van der Waals surface area contributed by atoms with Crippen LogP contribution >= 0.6 is 0 Å². The summed E-state index contributed by atoms with van der Waals surface area (Å²) in [6, 6.07) is 0. The van der Waals surface area contributed by atoms with Crippen molar-refractivity contribution in [2.24, 2.45) is 5.92 Å². The zero-order valence-corrected chi connectivity index (χ0v) is 10.1. The van der Waals surface area contributed by atoms with Crippen LogP contribution < -0.4 is 5.32 Å². The average Bonchev–Trinajstić information content (AvgIpc) is 2.66. The van der Waals surface area contributed by atoms with Gasteiger partial charge < -0.3 is 5.32 Å². The van der Waals surface area contributed by atoms with E-state index < -0.39 is 0 Å². The summed E-state index contributed by atoms with van der Waals surface area (Å²) < 4.78 is 2.00. The molecule has 4 heteroatoms. The topological polar surface area (TPSA) is 42.7 Å². The smallest absolute Gasteiger partial charge is 0.150 e. The summed E-state index contributed by atoms with van der Waals surface area (Å²) >= 11 is 0. The van der Waals surface area contributed by atoms with Crippen molar-refractivity contribution in [1.82, 2.24) is 20.1 Å². The van der Waals surface area contributed by atoms with Crippen molar-refractivity contribution in [2.75, 3.05) is 13.1 Å². The maximum Gasteiger partial charge on any atom is 0.150 e. The second-order valence-corrected chi connectivity index (χ2v) is 4.75. The maximum absolute atomic E-state index is 4.32. The predicted molar refractivity (Wildman–Crippen MR) is 64.9 cm³/mol. The number of aromatic nitrogens is 3. The summed E-state index contributed by atoms with van der Waals surface area (Å²) in [5.41, 5.74) is 1.48. The first kappa shape index (κ1) is 11.3. The maximum atomic E-state index is 4.32. The molecule has 1 saturated heterocycles. The highest BCUT2D eigenvalue weighted by Gasteiger charge is 2.08. The Morgan fingerprint density at radius 2 is 2.19 bits per heavy atom. The van der Waals surface area contributed by atoms with Gasteiger partial charge >= 0.3 is 0 Å². The standard InChI is InChI=1S/C12H20N4/c1-10(2)8-16-12(14-9-15-16)7-11-3-5-13-6-4-11/h7,9-10,13H,3-6,8H2,1-2H3. The first-order chi connectivity index (χ1) is 7.75. The van der Waals surface area contributed by atoms with Crippen LogP contribution in [-0.4, -0.2) is 27.9 Å². The number of piperidine rings is 1. The molecule has 0 bridgehead atoms. The Labute approximate surface area is 96.8 Å². The van der Waals surface area contributed by atoms with Gasteiger partial charge in [-0.2, -0.15) is 5.10 Å². The van der Waals surface area contributed by atoms with Crippen LogP contribution in [0.25, 0.3) is 6.08 Å². The third-order valence-corrected chi connectivity index (χ3v) is 2.76. The molecule has 0 aliphatic carbocycles. The van der Waals surface area contributed by atoms with Crippen LogP contribution in [0.2, 0.25) is 0 Å². The van der Waals surface area contributed by atoms with Gasteiger partial charge in [-0.1, -0.05) is 19.4 Å². The zero-order valence-electron chi connectivity index (χ0n) is 10.1. The first-order valence-corrected chi connectivity index (χ1v) is 6.03. The molecule has 0 unspecified atom stereocenters. The highest BCUT2D eigenvalue weighted by Crippen LogP contribution is 2.14. The monoisotopic (exact) mass is 220 g/mol. The van der Waals surface area contributed by atoms with Crippen molar-refractivity contribution >= 4 is 6.08 Å². The van der Waals surface area contributed by atoms with Crippen molar-refractivity contribution in [3.63, 3.8) is 0 Å². The molecule has 0 atom stereocenters. The van der Waals surface area contributed by atoms with Crippen LogP contribution in [0.3, 0.4) is 0 Å². The average molecular weight is 220 g/mol. The third kappa shape index (κ3) is 2.92. The predicted octanol–water partition coefficient (Wildman–Crippen LogP) is 1.70. The van der Waals surface area contributed by atoms with E-state index in [4.69, 9.17) is 0 Å². The fourth-order valence-electron chi connectivity index (χ4n) is 1.95. The van der Waals surface area contributed by atoms with Crippen LogP contribution in [0.4, 0.5) is 0 Å². The van der Waals surface area contributed by atoms with Gasteiger partial charge in [-0.15, -0.1) is 0 Å². The summed E-state index contributed by atoms with van der Waals surface area (Å²) in [7, 11) is 0. The molecular formula is C12H20N4. The Morgan fingerprint density at radius 1 is 1.44 bits per heavy atom. The minimum atomic E-state index is 0.604. The molecule has 1 aromatic rings. The molecular weight excluding hydrogens is 200 g/mol. The van der Waals surface area contributed by atoms with Crippen LogP contribution in [0.5, 0.6) is 0 Å². The number of rotatable bonds is 3. The Morgan fingerprint density at radius 3 is 2.88 bits per heavy atom. The Hall–Kier alpha value is -1.16. The molecule has 2 rings (SSSR count). The SMILES string of the molecule is CC(C)Cn1ncnc1C=C1CCNCC1. The van der Waals surface area contributed by atoms with Gasteiger partial charge in [0.2, 0.25) is 0 Å². The molecule has 88 valence electrons. The largest absolute Gasteiger partial charge is 0.316 e. The van der Waals surface area contributed by atoms with E-state index in [2.05, 4.69) is 35.3 Å². The van der Waals surface area contributed by atoms with E-state index in [1.54, 1.807) is 6.33 Å². The third-order valence-electron chi connectivity index (χ3n) is 2.76. The number of nitrogens with one attached hydrogen (secondary N) is 1. The second-order valence-electron chi connectivity index (χ2n) is 4.75. The lowest BCUT2D eigenvalue weighted by Crippen LogP contribution is -2.23. The van der Waals surface area contributed by atoms with Crippen LogP contribution in [0.15, 0.2) is 11.9 Å². The lowest BCUT2D eigenvalue weighted by molar-refractivity contribution is 0.479. The molecule has 1 aromatic heterocycles. The minimum absolute atomic E-state index is 0.604. The summed E-state index contributed by atoms with van der Waals surface area (Å²) in [6.07, 6.45) is 6.12. The summed E-state index contributed by atoms with van der Waals surface area (Å²) in [4.78, 5) is 4.32. The molecule has 4 nitrogen and oxygen atoms in total. The van der Waals surface area contributed by atoms with E-state index in [0.29, 0.717) is 5.92 Å². The lowest BCUT2D eigenvalue weighted by atomic mass is 10.1. The first-order valence-electron chi connectivity index (χ1n) is 6.03. The summed E-state index contributed by atoms with van der Waals surface area (Å²) in [5, 5.41) is 7.62. The van der Waals surface area contributed by atoms with Gasteiger partial charge in [-0.05, 0) is 37.9 Å². The van der Waals surface area contributed by atoms with E-state index in [9.17, 15) is 0 Å². The fourth-order valence-corrected chi connectivity index (χ4v) is 1.95. The summed E-state index contributed by atoms with van der Waals surface area (Å²) in [5.74, 6) is 1.61. The van der Waals surface area contributed by atoms with Gasteiger partial charge in [0.05, 0.1) is 0 Å². The number of hydrogen-bond donors (Lipinski definition) is 1. The van der Waals surface area contributed by atoms with Crippen LogP contribution in [-0.2, 0) is 6.54 Å².